The zero-order chi connectivity index (χ0) is 12.6. The molecule has 0 aromatic rings. The van der Waals surface area contributed by atoms with Gasteiger partial charge in [-0.1, -0.05) is 0 Å². The summed E-state index contributed by atoms with van der Waals surface area (Å²) in [6.07, 6.45) is -0.158. The standard InChI is InChI=1S/C9H15FN2O4/c1-7(5-13)16-8(2)12(4-3-10)9(15)11-6-14/h3-4,6-8,13H,5H2,1-2H3,(H,11,14,15)/b4-3-. The Hall–Kier alpha value is -1.47. The summed E-state index contributed by atoms with van der Waals surface area (Å²) in [5, 5.41) is 10.6. The summed E-state index contributed by atoms with van der Waals surface area (Å²) < 4.78 is 17.2. The van der Waals surface area contributed by atoms with Crippen molar-refractivity contribution in [2.75, 3.05) is 6.61 Å². The molecule has 0 heterocycles. The summed E-state index contributed by atoms with van der Waals surface area (Å²) in [6, 6.07) is -0.818. The second-order valence-corrected chi connectivity index (χ2v) is 2.98. The van der Waals surface area contributed by atoms with Gasteiger partial charge in [-0.15, -0.1) is 0 Å². The minimum Gasteiger partial charge on any atom is -0.394 e. The van der Waals surface area contributed by atoms with Crippen molar-refractivity contribution in [3.05, 3.63) is 12.5 Å². The molecule has 0 rings (SSSR count). The Balaban J connectivity index is 4.51. The molecule has 2 N–H and O–H groups in total. The van der Waals surface area contributed by atoms with Gasteiger partial charge < -0.3 is 9.84 Å². The molecule has 92 valence electrons. The highest BCUT2D eigenvalue weighted by atomic mass is 19.1. The van der Waals surface area contributed by atoms with E-state index in [1.165, 1.54) is 6.92 Å². The summed E-state index contributed by atoms with van der Waals surface area (Å²) in [5.41, 5.74) is 0. The molecule has 16 heavy (non-hydrogen) atoms. The van der Waals surface area contributed by atoms with Crippen LogP contribution < -0.4 is 5.32 Å². The van der Waals surface area contributed by atoms with Crippen LogP contribution in [0.5, 0.6) is 0 Å². The van der Waals surface area contributed by atoms with Gasteiger partial charge in [-0.25, -0.2) is 9.18 Å². The van der Waals surface area contributed by atoms with Crippen molar-refractivity contribution in [1.82, 2.24) is 10.2 Å². The van der Waals surface area contributed by atoms with Gasteiger partial charge in [0.15, 0.2) is 0 Å². The minimum atomic E-state index is -0.818. The van der Waals surface area contributed by atoms with Gasteiger partial charge in [0, 0.05) is 6.20 Å². The van der Waals surface area contributed by atoms with Crippen LogP contribution in [0.25, 0.3) is 0 Å². The first kappa shape index (κ1) is 14.5. The lowest BCUT2D eigenvalue weighted by Gasteiger charge is -2.26. The van der Waals surface area contributed by atoms with Crippen LogP contribution >= 0.6 is 0 Å². The summed E-state index contributed by atoms with van der Waals surface area (Å²) in [5.74, 6) is 0. The van der Waals surface area contributed by atoms with Crippen molar-refractivity contribution >= 4 is 12.4 Å². The first-order chi connectivity index (χ1) is 7.56. The number of carbonyl (C=O) groups is 2. The predicted molar refractivity (Wildman–Crippen MR) is 53.8 cm³/mol. The molecule has 0 spiro atoms. The molecule has 2 atom stereocenters. The van der Waals surface area contributed by atoms with Gasteiger partial charge >= 0.3 is 6.03 Å². The highest BCUT2D eigenvalue weighted by molar-refractivity contribution is 5.85. The topological polar surface area (TPSA) is 78.9 Å². The Morgan fingerprint density at radius 3 is 2.69 bits per heavy atom. The molecule has 0 aliphatic rings. The molecule has 0 aliphatic carbocycles. The number of hydrogen-bond donors (Lipinski definition) is 2. The van der Waals surface area contributed by atoms with Crippen molar-refractivity contribution in [2.24, 2.45) is 0 Å². The molecular formula is C9H15FN2O4. The monoisotopic (exact) mass is 234 g/mol. The number of aliphatic hydroxyl groups excluding tert-OH is 1. The smallest absolute Gasteiger partial charge is 0.330 e. The molecule has 7 heteroatoms. The maximum absolute atomic E-state index is 12.0. The van der Waals surface area contributed by atoms with Crippen LogP contribution in [0.3, 0.4) is 0 Å². The lowest BCUT2D eigenvalue weighted by atomic mass is 10.4. The lowest BCUT2D eigenvalue weighted by Crippen LogP contribution is -2.43. The number of ether oxygens (including phenoxy) is 1. The third-order valence-electron chi connectivity index (χ3n) is 1.71. The van der Waals surface area contributed by atoms with E-state index in [0.29, 0.717) is 0 Å². The van der Waals surface area contributed by atoms with E-state index in [1.807, 2.05) is 5.32 Å². The van der Waals surface area contributed by atoms with E-state index >= 15 is 0 Å². The number of carbonyl (C=O) groups excluding carboxylic acids is 2. The van der Waals surface area contributed by atoms with E-state index in [1.54, 1.807) is 6.92 Å². The number of imide groups is 1. The quantitative estimate of drug-likeness (QED) is 0.513. The summed E-state index contributed by atoms with van der Waals surface area (Å²) in [4.78, 5) is 22.2. The van der Waals surface area contributed by atoms with Gasteiger partial charge in [0.05, 0.1) is 12.7 Å². The molecule has 0 saturated heterocycles. The van der Waals surface area contributed by atoms with Crippen LogP contribution in [0.15, 0.2) is 12.5 Å². The highest BCUT2D eigenvalue weighted by Gasteiger charge is 2.19. The van der Waals surface area contributed by atoms with Gasteiger partial charge in [-0.2, -0.15) is 0 Å². The first-order valence-corrected chi connectivity index (χ1v) is 4.62. The number of nitrogens with zero attached hydrogens (tertiary/aromatic N) is 1. The Morgan fingerprint density at radius 2 is 2.25 bits per heavy atom. The molecule has 0 radical (unpaired) electrons. The second-order valence-electron chi connectivity index (χ2n) is 2.98. The van der Waals surface area contributed by atoms with E-state index in [0.717, 1.165) is 11.1 Å². The Labute approximate surface area is 92.7 Å². The number of nitrogens with one attached hydrogen (secondary N) is 1. The number of urea groups is 1. The minimum absolute atomic E-state index is 0.147. The molecule has 0 saturated carbocycles. The number of amides is 3. The average Bonchev–Trinajstić information content (AvgIpc) is 2.25. The summed E-state index contributed by atoms with van der Waals surface area (Å²) in [7, 11) is 0. The molecule has 6 nitrogen and oxygen atoms in total. The first-order valence-electron chi connectivity index (χ1n) is 4.62. The van der Waals surface area contributed by atoms with Crippen LogP contribution in [0, 0.1) is 0 Å². The predicted octanol–water partition coefficient (Wildman–Crippen LogP) is 0.338. The second kappa shape index (κ2) is 7.77. The van der Waals surface area contributed by atoms with Gasteiger partial charge in [-0.05, 0) is 13.8 Å². The third kappa shape index (κ3) is 4.85. The Kier molecular flexibility index (Phi) is 7.06. The van der Waals surface area contributed by atoms with E-state index in [4.69, 9.17) is 9.84 Å². The largest absolute Gasteiger partial charge is 0.394 e. The average molecular weight is 234 g/mol. The van der Waals surface area contributed by atoms with Crippen molar-refractivity contribution in [2.45, 2.75) is 26.2 Å². The molecule has 0 aliphatic heterocycles. The number of aliphatic hydroxyl groups is 1. The van der Waals surface area contributed by atoms with Crippen molar-refractivity contribution in [3.63, 3.8) is 0 Å². The number of halogens is 1. The summed E-state index contributed by atoms with van der Waals surface area (Å²) >= 11 is 0. The van der Waals surface area contributed by atoms with Crippen LogP contribution in [0.2, 0.25) is 0 Å². The van der Waals surface area contributed by atoms with Gasteiger partial charge in [0.2, 0.25) is 6.41 Å². The fourth-order valence-electron chi connectivity index (χ4n) is 0.984. The summed E-state index contributed by atoms with van der Waals surface area (Å²) in [6.45, 7) is 2.84. The molecule has 0 bridgehead atoms. The molecule has 0 aromatic carbocycles. The third-order valence-corrected chi connectivity index (χ3v) is 1.71. The van der Waals surface area contributed by atoms with E-state index in [9.17, 15) is 14.0 Å². The van der Waals surface area contributed by atoms with Crippen molar-refractivity contribution < 1.29 is 23.8 Å². The van der Waals surface area contributed by atoms with E-state index in [-0.39, 0.29) is 19.3 Å². The highest BCUT2D eigenvalue weighted by Crippen LogP contribution is 2.06. The van der Waals surface area contributed by atoms with E-state index in [2.05, 4.69) is 0 Å². The Bertz CT molecular complexity index is 260. The van der Waals surface area contributed by atoms with Crippen molar-refractivity contribution in [3.8, 4) is 0 Å². The molecule has 2 unspecified atom stereocenters. The number of hydrogen-bond acceptors (Lipinski definition) is 4. The SMILES string of the molecule is CC(CO)OC(C)N(/C=C\F)C(=O)NC=O. The zero-order valence-electron chi connectivity index (χ0n) is 9.09. The van der Waals surface area contributed by atoms with E-state index < -0.39 is 18.4 Å². The van der Waals surface area contributed by atoms with Gasteiger partial charge in [-0.3, -0.25) is 15.0 Å². The molecule has 0 aromatic heterocycles. The van der Waals surface area contributed by atoms with Crippen LogP contribution in [0.4, 0.5) is 9.18 Å². The van der Waals surface area contributed by atoms with Gasteiger partial charge in [0.1, 0.15) is 12.6 Å². The maximum atomic E-state index is 12.0. The Morgan fingerprint density at radius 1 is 1.62 bits per heavy atom. The lowest BCUT2D eigenvalue weighted by molar-refractivity contribution is -0.109. The van der Waals surface area contributed by atoms with Crippen molar-refractivity contribution in [1.29, 1.82) is 0 Å². The molecular weight excluding hydrogens is 219 g/mol. The number of rotatable bonds is 6. The molecule has 3 amide bonds. The van der Waals surface area contributed by atoms with Crippen LogP contribution in [0.1, 0.15) is 13.8 Å². The van der Waals surface area contributed by atoms with Crippen LogP contribution in [-0.2, 0) is 9.53 Å². The molecule has 0 fully saturated rings. The maximum Gasteiger partial charge on any atom is 0.330 e. The fourth-order valence-corrected chi connectivity index (χ4v) is 0.984. The normalized spacial score (nSPS) is 14.5. The van der Waals surface area contributed by atoms with Crippen LogP contribution in [-0.4, -0.2) is 41.4 Å². The zero-order valence-corrected chi connectivity index (χ0v) is 9.09. The van der Waals surface area contributed by atoms with Gasteiger partial charge in [0.25, 0.3) is 0 Å². The fraction of sp³-hybridized carbons (Fsp3) is 0.556.